The van der Waals surface area contributed by atoms with Gasteiger partial charge in [0.2, 0.25) is 11.6 Å². The molecule has 0 saturated heterocycles. The molecule has 0 aliphatic rings. The maximum absolute atomic E-state index is 12.2. The van der Waals surface area contributed by atoms with Crippen molar-refractivity contribution >= 4 is 17.6 Å². The second-order valence-electron chi connectivity index (χ2n) is 6.37. The monoisotopic (exact) mass is 344 g/mol. The summed E-state index contributed by atoms with van der Waals surface area (Å²) in [6.45, 7) is 6.12. The lowest BCUT2D eigenvalue weighted by Crippen LogP contribution is -2.12. The van der Waals surface area contributed by atoms with Crippen LogP contribution in [0.1, 0.15) is 37.0 Å². The number of nitrogens with zero attached hydrogens (tertiary/aromatic N) is 2. The molecule has 0 N–H and O–H groups in total. The third kappa shape index (κ3) is 3.36. The largest absolute Gasteiger partial charge is 0.457 e. The summed E-state index contributed by atoms with van der Waals surface area (Å²) >= 11 is 5.94. The molecule has 124 valence electrons. The molecule has 5 nitrogen and oxygen atoms in total. The van der Waals surface area contributed by atoms with Gasteiger partial charge < -0.3 is 9.15 Å². The van der Waals surface area contributed by atoms with Crippen molar-refractivity contribution in [3.63, 3.8) is 0 Å². The van der Waals surface area contributed by atoms with E-state index in [2.05, 4.69) is 5.10 Å². The molecule has 0 fully saturated rings. The zero-order valence-electron chi connectivity index (χ0n) is 13.6. The first-order chi connectivity index (χ1) is 11.3. The van der Waals surface area contributed by atoms with Crippen LogP contribution in [0.3, 0.4) is 0 Å². The highest BCUT2D eigenvalue weighted by Gasteiger charge is 2.23. The van der Waals surface area contributed by atoms with Gasteiger partial charge in [0, 0.05) is 16.5 Å². The minimum atomic E-state index is -0.574. The Balaban J connectivity index is 2.01. The molecule has 0 spiro atoms. The van der Waals surface area contributed by atoms with Gasteiger partial charge in [-0.15, -0.1) is 0 Å². The first-order valence-electron chi connectivity index (χ1n) is 7.47. The molecule has 3 aromatic rings. The van der Waals surface area contributed by atoms with Gasteiger partial charge >= 0.3 is 5.97 Å². The van der Waals surface area contributed by atoms with Crippen molar-refractivity contribution in [2.45, 2.75) is 26.2 Å². The lowest BCUT2D eigenvalue weighted by Gasteiger charge is -2.13. The Labute approximate surface area is 144 Å². The maximum atomic E-state index is 12.2. The number of esters is 1. The Kier molecular flexibility index (Phi) is 4.20. The molecular formula is C18H17ClN2O3. The van der Waals surface area contributed by atoms with Crippen LogP contribution in [0.15, 0.2) is 53.1 Å². The van der Waals surface area contributed by atoms with E-state index in [0.717, 1.165) is 11.4 Å². The highest BCUT2D eigenvalue weighted by atomic mass is 35.5. The van der Waals surface area contributed by atoms with Crippen LogP contribution in [0, 0.1) is 0 Å². The fraction of sp³-hybridized carbons (Fsp3) is 0.222. The van der Waals surface area contributed by atoms with E-state index in [1.807, 2.05) is 32.9 Å². The van der Waals surface area contributed by atoms with E-state index in [-0.39, 0.29) is 11.2 Å². The normalized spacial score (nSPS) is 11.5. The van der Waals surface area contributed by atoms with Crippen LogP contribution in [0.4, 0.5) is 0 Å². The summed E-state index contributed by atoms with van der Waals surface area (Å²) in [5.41, 5.74) is 1.36. The smallest absolute Gasteiger partial charge is 0.380 e. The van der Waals surface area contributed by atoms with Crippen LogP contribution in [0.5, 0.6) is 5.88 Å². The average Bonchev–Trinajstić information content (AvgIpc) is 3.16. The molecule has 0 bridgehead atoms. The second-order valence-corrected chi connectivity index (χ2v) is 6.81. The highest BCUT2D eigenvalue weighted by molar-refractivity contribution is 6.30. The standard InChI is InChI=1S/C18H17ClN2O3/c1-18(2,3)15-11-16(24-17(22)14-5-4-10-23-14)21(20-15)13-8-6-12(19)7-9-13/h4-11H,1-3H3. The zero-order chi connectivity index (χ0) is 17.3. The Hall–Kier alpha value is -2.53. The van der Waals surface area contributed by atoms with E-state index in [0.29, 0.717) is 10.9 Å². The average molecular weight is 345 g/mol. The summed E-state index contributed by atoms with van der Waals surface area (Å²) in [4.78, 5) is 12.2. The molecule has 24 heavy (non-hydrogen) atoms. The first kappa shape index (κ1) is 16.3. The van der Waals surface area contributed by atoms with Gasteiger partial charge in [0.05, 0.1) is 17.6 Å². The van der Waals surface area contributed by atoms with Crippen molar-refractivity contribution in [3.8, 4) is 11.6 Å². The number of hydrogen-bond acceptors (Lipinski definition) is 4. The topological polar surface area (TPSA) is 57.3 Å². The Morgan fingerprint density at radius 3 is 2.50 bits per heavy atom. The minimum absolute atomic E-state index is 0.135. The summed E-state index contributed by atoms with van der Waals surface area (Å²) < 4.78 is 12.1. The van der Waals surface area contributed by atoms with E-state index in [1.165, 1.54) is 6.26 Å². The Bertz CT molecular complexity index is 844. The predicted molar refractivity (Wildman–Crippen MR) is 90.9 cm³/mol. The fourth-order valence-electron chi connectivity index (χ4n) is 2.11. The van der Waals surface area contributed by atoms with Gasteiger partial charge in [0.25, 0.3) is 0 Å². The second kappa shape index (κ2) is 6.17. The molecule has 0 aliphatic carbocycles. The van der Waals surface area contributed by atoms with E-state index < -0.39 is 5.97 Å². The number of furan rings is 1. The molecule has 0 saturated carbocycles. The fourth-order valence-corrected chi connectivity index (χ4v) is 2.24. The molecule has 0 aliphatic heterocycles. The third-order valence-corrected chi connectivity index (χ3v) is 3.69. The molecule has 0 atom stereocenters. The van der Waals surface area contributed by atoms with Crippen LogP contribution in [-0.2, 0) is 5.41 Å². The molecule has 2 heterocycles. The van der Waals surface area contributed by atoms with Gasteiger partial charge in [0.1, 0.15) is 0 Å². The lowest BCUT2D eigenvalue weighted by atomic mass is 9.93. The molecule has 0 unspecified atom stereocenters. The summed E-state index contributed by atoms with van der Waals surface area (Å²) in [5, 5.41) is 5.20. The number of ether oxygens (including phenoxy) is 1. The summed E-state index contributed by atoms with van der Waals surface area (Å²) in [5.74, 6) is -0.115. The number of benzene rings is 1. The maximum Gasteiger partial charge on any atom is 0.380 e. The van der Waals surface area contributed by atoms with Gasteiger partial charge in [-0.3, -0.25) is 0 Å². The summed E-state index contributed by atoms with van der Waals surface area (Å²) in [6, 6.07) is 12.1. The molecular weight excluding hydrogens is 328 g/mol. The van der Waals surface area contributed by atoms with Gasteiger partial charge in [-0.1, -0.05) is 32.4 Å². The quantitative estimate of drug-likeness (QED) is 0.650. The molecule has 0 radical (unpaired) electrons. The Morgan fingerprint density at radius 1 is 1.21 bits per heavy atom. The van der Waals surface area contributed by atoms with Crippen molar-refractivity contribution in [2.24, 2.45) is 0 Å². The number of carbonyl (C=O) groups excluding carboxylic acids is 1. The van der Waals surface area contributed by atoms with E-state index in [1.54, 1.807) is 35.0 Å². The summed E-state index contributed by atoms with van der Waals surface area (Å²) in [7, 11) is 0. The van der Waals surface area contributed by atoms with Crippen LogP contribution in [0.2, 0.25) is 5.02 Å². The highest BCUT2D eigenvalue weighted by Crippen LogP contribution is 2.28. The summed E-state index contributed by atoms with van der Waals surface area (Å²) in [6.07, 6.45) is 1.42. The van der Waals surface area contributed by atoms with Crippen molar-refractivity contribution in [2.75, 3.05) is 0 Å². The first-order valence-corrected chi connectivity index (χ1v) is 7.84. The van der Waals surface area contributed by atoms with E-state index in [4.69, 9.17) is 20.8 Å². The van der Waals surface area contributed by atoms with Crippen molar-refractivity contribution in [1.82, 2.24) is 9.78 Å². The van der Waals surface area contributed by atoms with Gasteiger partial charge in [-0.25, -0.2) is 9.48 Å². The van der Waals surface area contributed by atoms with E-state index >= 15 is 0 Å². The number of rotatable bonds is 3. The van der Waals surface area contributed by atoms with Crippen LogP contribution in [-0.4, -0.2) is 15.7 Å². The SMILES string of the molecule is CC(C)(C)c1cc(OC(=O)c2ccco2)n(-c2ccc(Cl)cc2)n1. The molecule has 0 amide bonds. The number of aromatic nitrogens is 2. The van der Waals surface area contributed by atoms with Gasteiger partial charge in [-0.05, 0) is 36.4 Å². The van der Waals surface area contributed by atoms with Crippen molar-refractivity contribution < 1.29 is 13.9 Å². The molecule has 6 heteroatoms. The molecule has 2 aromatic heterocycles. The van der Waals surface area contributed by atoms with E-state index in [9.17, 15) is 4.79 Å². The van der Waals surface area contributed by atoms with Crippen LogP contribution >= 0.6 is 11.6 Å². The molecule has 1 aromatic carbocycles. The lowest BCUT2D eigenvalue weighted by molar-refractivity contribution is 0.0689. The van der Waals surface area contributed by atoms with Crippen LogP contribution < -0.4 is 4.74 Å². The number of hydrogen-bond donors (Lipinski definition) is 0. The zero-order valence-corrected chi connectivity index (χ0v) is 14.4. The van der Waals surface area contributed by atoms with Gasteiger partial charge in [-0.2, -0.15) is 5.10 Å². The molecule has 3 rings (SSSR count). The van der Waals surface area contributed by atoms with Crippen LogP contribution in [0.25, 0.3) is 5.69 Å². The Morgan fingerprint density at radius 2 is 1.92 bits per heavy atom. The number of halogens is 1. The van der Waals surface area contributed by atoms with Crippen molar-refractivity contribution in [3.05, 3.63) is 65.2 Å². The predicted octanol–water partition coefficient (Wildman–Crippen LogP) is 4.64. The third-order valence-electron chi connectivity index (χ3n) is 3.44. The van der Waals surface area contributed by atoms with Gasteiger partial charge in [0.15, 0.2) is 0 Å². The number of carbonyl (C=O) groups is 1. The van der Waals surface area contributed by atoms with Crippen molar-refractivity contribution in [1.29, 1.82) is 0 Å². The minimum Gasteiger partial charge on any atom is -0.457 e.